The van der Waals surface area contributed by atoms with Crippen LogP contribution < -0.4 is 0 Å². The molecule has 0 aromatic heterocycles. The van der Waals surface area contributed by atoms with Crippen molar-refractivity contribution in [2.75, 3.05) is 19.8 Å². The maximum Gasteiger partial charge on any atom is 0.306 e. The third-order valence-electron chi connectivity index (χ3n) is 11.1. The maximum absolute atomic E-state index is 12.8. The molecule has 0 aliphatic carbocycles. The summed E-state index contributed by atoms with van der Waals surface area (Å²) in [4.78, 5) is 25.4. The molecule has 10 nitrogen and oxygen atoms in total. The zero-order chi connectivity index (χ0) is 45.1. The maximum atomic E-state index is 12.8. The molecule has 0 bridgehead atoms. The highest BCUT2D eigenvalue weighted by Crippen LogP contribution is 2.23. The Morgan fingerprint density at radius 2 is 0.952 bits per heavy atom. The summed E-state index contributed by atoms with van der Waals surface area (Å²) in [7, 11) is 0. The van der Waals surface area contributed by atoms with Crippen molar-refractivity contribution in [1.29, 1.82) is 0 Å². The number of allylic oxidation sites excluding steroid dienone is 10. The molecular weight excluding hydrogens is 785 g/mol. The SMILES string of the molecule is CC/C=C\C/C=C\C/C=C\C/C=C\CCCCCCCCCCC(=O)OC(COC(=O)CCCCCCC/C=C\CCCCCCCCC)COC1OC(CO)C(O)C(O)C1O. The van der Waals surface area contributed by atoms with E-state index in [1.54, 1.807) is 0 Å². The van der Waals surface area contributed by atoms with Crippen LogP contribution in [-0.2, 0) is 28.5 Å². The molecule has 0 radical (unpaired) electrons. The van der Waals surface area contributed by atoms with E-state index in [0.29, 0.717) is 12.8 Å². The van der Waals surface area contributed by atoms with Crippen LogP contribution in [0.4, 0.5) is 0 Å². The van der Waals surface area contributed by atoms with Gasteiger partial charge in [0.25, 0.3) is 0 Å². The van der Waals surface area contributed by atoms with Crippen molar-refractivity contribution in [2.24, 2.45) is 0 Å². The van der Waals surface area contributed by atoms with Gasteiger partial charge in [-0.15, -0.1) is 0 Å². The molecule has 1 heterocycles. The van der Waals surface area contributed by atoms with Crippen molar-refractivity contribution in [1.82, 2.24) is 0 Å². The van der Waals surface area contributed by atoms with Crippen LogP contribution in [0.25, 0.3) is 0 Å². The molecule has 1 fully saturated rings. The van der Waals surface area contributed by atoms with Crippen LogP contribution in [0.3, 0.4) is 0 Å². The summed E-state index contributed by atoms with van der Waals surface area (Å²) in [6.07, 6.45) is 45.1. The van der Waals surface area contributed by atoms with Gasteiger partial charge in [-0.3, -0.25) is 9.59 Å². The largest absolute Gasteiger partial charge is 0.462 e. The molecule has 1 rings (SSSR count). The van der Waals surface area contributed by atoms with Crippen molar-refractivity contribution in [3.63, 3.8) is 0 Å². The third kappa shape index (κ3) is 33.0. The summed E-state index contributed by atoms with van der Waals surface area (Å²) in [6, 6.07) is 0. The average Bonchev–Trinajstić information content (AvgIpc) is 3.27. The first kappa shape index (κ1) is 57.4. The van der Waals surface area contributed by atoms with E-state index in [0.717, 1.165) is 83.5 Å². The van der Waals surface area contributed by atoms with Gasteiger partial charge < -0.3 is 39.4 Å². The van der Waals surface area contributed by atoms with Gasteiger partial charge >= 0.3 is 11.9 Å². The lowest BCUT2D eigenvalue weighted by Gasteiger charge is -2.39. The topological polar surface area (TPSA) is 152 Å². The lowest BCUT2D eigenvalue weighted by molar-refractivity contribution is -0.305. The molecular formula is C52H90O10. The van der Waals surface area contributed by atoms with Gasteiger partial charge in [0, 0.05) is 12.8 Å². The average molecular weight is 875 g/mol. The predicted molar refractivity (Wildman–Crippen MR) is 251 cm³/mol. The first-order chi connectivity index (χ1) is 30.3. The Hall–Kier alpha value is -2.60. The summed E-state index contributed by atoms with van der Waals surface area (Å²) >= 11 is 0. The number of unbranched alkanes of at least 4 members (excludes halogenated alkanes) is 20. The van der Waals surface area contributed by atoms with Crippen LogP contribution in [0, 0.1) is 0 Å². The lowest BCUT2D eigenvalue weighted by Crippen LogP contribution is -2.59. The standard InChI is InChI=1S/C52H90O10/c1-3-5-7-9-11-13-15-17-19-21-22-23-24-25-27-29-31-33-35-37-39-41-48(55)61-45(44-60-52-51(58)50(57)49(56)46(42-53)62-52)43-59-47(54)40-38-36-34-32-30-28-26-20-18-16-14-12-10-8-6-4-2/h5,7,11,13,17,19-20,22-23,26,45-46,49-53,56-58H,3-4,6,8-10,12,14-16,18,21,24-25,27-44H2,1-2H3/b7-5-,13-11-,19-17-,23-22-,26-20-. The first-order valence-corrected chi connectivity index (χ1v) is 24.9. The van der Waals surface area contributed by atoms with Crippen molar-refractivity contribution in [3.8, 4) is 0 Å². The van der Waals surface area contributed by atoms with E-state index in [2.05, 4.69) is 74.6 Å². The normalized spacial score (nSPS) is 20.1. The number of esters is 2. The van der Waals surface area contributed by atoms with Gasteiger partial charge in [0.15, 0.2) is 12.4 Å². The fourth-order valence-electron chi connectivity index (χ4n) is 7.23. The van der Waals surface area contributed by atoms with Gasteiger partial charge in [0.1, 0.15) is 31.0 Å². The summed E-state index contributed by atoms with van der Waals surface area (Å²) < 4.78 is 22.2. The zero-order valence-corrected chi connectivity index (χ0v) is 39.1. The van der Waals surface area contributed by atoms with Crippen LogP contribution in [0.1, 0.15) is 200 Å². The van der Waals surface area contributed by atoms with Crippen molar-refractivity contribution in [3.05, 3.63) is 60.8 Å². The van der Waals surface area contributed by atoms with Gasteiger partial charge in [-0.1, -0.05) is 171 Å². The van der Waals surface area contributed by atoms with E-state index in [4.69, 9.17) is 18.9 Å². The lowest BCUT2D eigenvalue weighted by atomic mass is 9.99. The zero-order valence-electron chi connectivity index (χ0n) is 39.1. The second-order valence-corrected chi connectivity index (χ2v) is 16.9. The van der Waals surface area contributed by atoms with E-state index < -0.39 is 49.4 Å². The molecule has 0 spiro atoms. The Labute approximate surface area is 377 Å². The number of aliphatic hydroxyl groups excluding tert-OH is 4. The molecule has 62 heavy (non-hydrogen) atoms. The van der Waals surface area contributed by atoms with Crippen molar-refractivity contribution < 1.29 is 49.0 Å². The third-order valence-corrected chi connectivity index (χ3v) is 11.1. The monoisotopic (exact) mass is 875 g/mol. The molecule has 0 amide bonds. The highest BCUT2D eigenvalue weighted by molar-refractivity contribution is 5.70. The molecule has 6 atom stereocenters. The molecule has 4 N–H and O–H groups in total. The van der Waals surface area contributed by atoms with E-state index >= 15 is 0 Å². The minimum atomic E-state index is -1.60. The predicted octanol–water partition coefficient (Wildman–Crippen LogP) is 11.4. The van der Waals surface area contributed by atoms with Crippen LogP contribution in [0.5, 0.6) is 0 Å². The molecule has 1 aliphatic heterocycles. The van der Waals surface area contributed by atoms with Gasteiger partial charge in [-0.2, -0.15) is 0 Å². The smallest absolute Gasteiger partial charge is 0.306 e. The van der Waals surface area contributed by atoms with Crippen LogP contribution >= 0.6 is 0 Å². The highest BCUT2D eigenvalue weighted by Gasteiger charge is 2.44. The van der Waals surface area contributed by atoms with E-state index in [1.807, 2.05) is 0 Å². The molecule has 0 aromatic carbocycles. The Morgan fingerprint density at radius 1 is 0.516 bits per heavy atom. The summed E-state index contributed by atoms with van der Waals surface area (Å²) in [5.74, 6) is -0.825. The molecule has 6 unspecified atom stereocenters. The Kier molecular flexibility index (Phi) is 39.2. The number of carbonyl (C=O) groups is 2. The summed E-state index contributed by atoms with van der Waals surface area (Å²) in [5, 5.41) is 40.2. The van der Waals surface area contributed by atoms with E-state index in [-0.39, 0.29) is 32.0 Å². The van der Waals surface area contributed by atoms with E-state index in [9.17, 15) is 30.0 Å². The number of ether oxygens (including phenoxy) is 4. The second-order valence-electron chi connectivity index (χ2n) is 16.9. The van der Waals surface area contributed by atoms with Crippen LogP contribution in [0.15, 0.2) is 60.8 Å². The molecule has 1 aliphatic rings. The highest BCUT2D eigenvalue weighted by atomic mass is 16.7. The number of aliphatic hydroxyl groups is 4. The van der Waals surface area contributed by atoms with Crippen LogP contribution in [0.2, 0.25) is 0 Å². The number of hydrogen-bond acceptors (Lipinski definition) is 10. The Bertz CT molecular complexity index is 1190. The minimum absolute atomic E-state index is 0.217. The second kappa shape index (κ2) is 42.4. The van der Waals surface area contributed by atoms with Gasteiger partial charge in [0.2, 0.25) is 0 Å². The van der Waals surface area contributed by atoms with Gasteiger partial charge in [-0.25, -0.2) is 0 Å². The number of rotatable bonds is 41. The summed E-state index contributed by atoms with van der Waals surface area (Å²) in [5.41, 5.74) is 0. The number of hydrogen-bond donors (Lipinski definition) is 4. The Morgan fingerprint density at radius 3 is 1.45 bits per heavy atom. The van der Waals surface area contributed by atoms with Gasteiger partial charge in [0.05, 0.1) is 13.2 Å². The summed E-state index contributed by atoms with van der Waals surface area (Å²) in [6.45, 7) is 3.30. The number of carbonyl (C=O) groups excluding carboxylic acids is 2. The van der Waals surface area contributed by atoms with Crippen molar-refractivity contribution >= 4 is 11.9 Å². The van der Waals surface area contributed by atoms with E-state index in [1.165, 1.54) is 77.0 Å². The van der Waals surface area contributed by atoms with Crippen molar-refractivity contribution in [2.45, 2.75) is 237 Å². The first-order valence-electron chi connectivity index (χ1n) is 24.9. The fourth-order valence-corrected chi connectivity index (χ4v) is 7.23. The minimum Gasteiger partial charge on any atom is -0.462 e. The van der Waals surface area contributed by atoms with Crippen LogP contribution in [-0.4, -0.2) is 89.0 Å². The Balaban J connectivity index is 2.29. The molecule has 0 aromatic rings. The molecule has 1 saturated heterocycles. The fraction of sp³-hybridized carbons (Fsp3) is 0.769. The van der Waals surface area contributed by atoms with Gasteiger partial charge in [-0.05, 0) is 77.0 Å². The molecule has 10 heteroatoms. The quantitative estimate of drug-likeness (QED) is 0.0265. The molecule has 0 saturated carbocycles. The molecule has 358 valence electrons.